The number of pyridine rings is 2. The predicted octanol–water partition coefficient (Wildman–Crippen LogP) is 1.69. The van der Waals surface area contributed by atoms with Crippen molar-refractivity contribution >= 4 is 37.5 Å². The second-order valence-corrected chi connectivity index (χ2v) is 6.48. The summed E-state index contributed by atoms with van der Waals surface area (Å²) in [5.41, 5.74) is 0.539. The Morgan fingerprint density at radius 3 is 2.85 bits per heavy atom. The van der Waals surface area contributed by atoms with E-state index >= 15 is 0 Å². The van der Waals surface area contributed by atoms with Crippen LogP contribution in [-0.2, 0) is 10.0 Å². The zero-order chi connectivity index (χ0) is 14.2. The minimum atomic E-state index is -3.73. The number of hydrogen-bond acceptors (Lipinski definition) is 5. The van der Waals surface area contributed by atoms with Crippen LogP contribution in [0.5, 0.6) is 0 Å². The number of aromatic nitrogens is 4. The van der Waals surface area contributed by atoms with Gasteiger partial charge in [0.15, 0.2) is 5.65 Å². The first kappa shape index (κ1) is 13.0. The second-order valence-electron chi connectivity index (χ2n) is 3.88. The maximum Gasteiger partial charge on any atom is 0.265 e. The van der Waals surface area contributed by atoms with Gasteiger partial charge in [0.2, 0.25) is 0 Å². The Hall–Kier alpha value is -2.00. The standard InChI is InChI=1S/C11H8BrN5O2S/c12-8-3-4-10-14-11(15-17(10)7-8)16-20(18,19)9-2-1-5-13-6-9/h1-7H,(H,15,16). The Morgan fingerprint density at radius 2 is 2.10 bits per heavy atom. The highest BCUT2D eigenvalue weighted by Gasteiger charge is 2.16. The maximum absolute atomic E-state index is 12.1. The zero-order valence-corrected chi connectivity index (χ0v) is 12.3. The van der Waals surface area contributed by atoms with Gasteiger partial charge in [-0.3, -0.25) is 4.98 Å². The van der Waals surface area contributed by atoms with E-state index in [9.17, 15) is 8.42 Å². The van der Waals surface area contributed by atoms with Crippen molar-refractivity contribution in [3.05, 3.63) is 47.3 Å². The zero-order valence-electron chi connectivity index (χ0n) is 9.93. The first-order valence-corrected chi connectivity index (χ1v) is 7.77. The van der Waals surface area contributed by atoms with Crippen LogP contribution in [0.1, 0.15) is 0 Å². The fraction of sp³-hybridized carbons (Fsp3) is 0. The molecule has 0 saturated carbocycles. The first-order chi connectivity index (χ1) is 9.54. The van der Waals surface area contributed by atoms with Crippen LogP contribution < -0.4 is 4.72 Å². The van der Waals surface area contributed by atoms with Crippen molar-refractivity contribution in [2.45, 2.75) is 4.90 Å². The van der Waals surface area contributed by atoms with Crippen molar-refractivity contribution in [1.82, 2.24) is 19.6 Å². The van der Waals surface area contributed by atoms with Crippen LogP contribution in [-0.4, -0.2) is 28.0 Å². The van der Waals surface area contributed by atoms with Crippen LogP contribution in [0.3, 0.4) is 0 Å². The Bertz CT molecular complexity index is 863. The molecule has 0 amide bonds. The van der Waals surface area contributed by atoms with Crippen molar-refractivity contribution in [1.29, 1.82) is 0 Å². The molecular weight excluding hydrogens is 346 g/mol. The third-order valence-electron chi connectivity index (χ3n) is 2.47. The lowest BCUT2D eigenvalue weighted by molar-refractivity contribution is 0.600. The summed E-state index contributed by atoms with van der Waals surface area (Å²) in [5, 5.41) is 4.05. The van der Waals surface area contributed by atoms with Crippen LogP contribution in [0.4, 0.5) is 5.95 Å². The smallest absolute Gasteiger partial charge is 0.263 e. The maximum atomic E-state index is 12.1. The number of nitrogens with zero attached hydrogens (tertiary/aromatic N) is 4. The largest absolute Gasteiger partial charge is 0.265 e. The fourth-order valence-electron chi connectivity index (χ4n) is 1.59. The molecule has 0 radical (unpaired) electrons. The van der Waals surface area contributed by atoms with Gasteiger partial charge in [-0.2, -0.15) is 4.98 Å². The van der Waals surface area contributed by atoms with Crippen LogP contribution in [0, 0.1) is 0 Å². The molecule has 102 valence electrons. The lowest BCUT2D eigenvalue weighted by Gasteiger charge is -2.02. The van der Waals surface area contributed by atoms with Gasteiger partial charge in [-0.15, -0.1) is 5.10 Å². The van der Waals surface area contributed by atoms with Gasteiger partial charge in [-0.25, -0.2) is 17.7 Å². The summed E-state index contributed by atoms with van der Waals surface area (Å²) in [5.74, 6) is 0.00644. The molecule has 7 nitrogen and oxygen atoms in total. The summed E-state index contributed by atoms with van der Waals surface area (Å²) in [7, 11) is -3.73. The first-order valence-electron chi connectivity index (χ1n) is 5.49. The van der Waals surface area contributed by atoms with Gasteiger partial charge < -0.3 is 0 Å². The van der Waals surface area contributed by atoms with E-state index in [0.29, 0.717) is 5.65 Å². The average Bonchev–Trinajstić information content (AvgIpc) is 2.80. The normalized spacial score (nSPS) is 11.7. The van der Waals surface area contributed by atoms with E-state index in [1.807, 2.05) is 0 Å². The highest BCUT2D eigenvalue weighted by atomic mass is 79.9. The second kappa shape index (κ2) is 4.84. The molecule has 1 N–H and O–H groups in total. The molecule has 0 atom stereocenters. The van der Waals surface area contributed by atoms with Gasteiger partial charge in [0.25, 0.3) is 16.0 Å². The monoisotopic (exact) mass is 353 g/mol. The van der Waals surface area contributed by atoms with Gasteiger partial charge >= 0.3 is 0 Å². The summed E-state index contributed by atoms with van der Waals surface area (Å²) < 4.78 is 28.8. The van der Waals surface area contributed by atoms with Gasteiger partial charge in [0, 0.05) is 23.1 Å². The van der Waals surface area contributed by atoms with E-state index in [1.54, 1.807) is 24.4 Å². The van der Waals surface area contributed by atoms with Crippen LogP contribution in [0.2, 0.25) is 0 Å². The molecular formula is C11H8BrN5O2S. The third-order valence-corrected chi connectivity index (χ3v) is 4.25. The number of hydrogen-bond donors (Lipinski definition) is 1. The Kier molecular flexibility index (Phi) is 3.14. The number of sulfonamides is 1. The Labute approximate surface area is 122 Å². The average molecular weight is 354 g/mol. The van der Waals surface area contributed by atoms with Gasteiger partial charge in [0.1, 0.15) is 4.90 Å². The molecule has 9 heteroatoms. The number of fused-ring (bicyclic) bond motifs is 1. The van der Waals surface area contributed by atoms with E-state index in [1.165, 1.54) is 23.0 Å². The Balaban J connectivity index is 1.97. The van der Waals surface area contributed by atoms with Crippen molar-refractivity contribution < 1.29 is 8.42 Å². The molecule has 0 aromatic carbocycles. The molecule has 0 unspecified atom stereocenters. The van der Waals surface area contributed by atoms with Crippen molar-refractivity contribution in [2.24, 2.45) is 0 Å². The number of nitrogens with one attached hydrogen (secondary N) is 1. The lowest BCUT2D eigenvalue weighted by atomic mass is 10.5. The quantitative estimate of drug-likeness (QED) is 0.773. The summed E-state index contributed by atoms with van der Waals surface area (Å²) >= 11 is 3.30. The van der Waals surface area contributed by atoms with Crippen LogP contribution in [0.25, 0.3) is 5.65 Å². The Morgan fingerprint density at radius 1 is 1.25 bits per heavy atom. The number of halogens is 1. The summed E-state index contributed by atoms with van der Waals surface area (Å²) in [6.07, 6.45) is 4.44. The van der Waals surface area contributed by atoms with E-state index in [0.717, 1.165) is 4.47 Å². The van der Waals surface area contributed by atoms with Gasteiger partial charge in [-0.1, -0.05) is 0 Å². The van der Waals surface area contributed by atoms with Crippen LogP contribution in [0.15, 0.2) is 52.2 Å². The molecule has 0 saturated heterocycles. The SMILES string of the molecule is O=S(=O)(Nc1nc2ccc(Br)cn2n1)c1cccnc1. The lowest BCUT2D eigenvalue weighted by Crippen LogP contribution is -2.14. The summed E-state index contributed by atoms with van der Waals surface area (Å²) in [6, 6.07) is 6.51. The summed E-state index contributed by atoms with van der Waals surface area (Å²) in [6.45, 7) is 0. The van der Waals surface area contributed by atoms with Crippen molar-refractivity contribution in [2.75, 3.05) is 4.72 Å². The van der Waals surface area contributed by atoms with Crippen molar-refractivity contribution in [3.63, 3.8) is 0 Å². The summed E-state index contributed by atoms with van der Waals surface area (Å²) in [4.78, 5) is 7.92. The van der Waals surface area contributed by atoms with E-state index in [-0.39, 0.29) is 10.8 Å². The molecule has 0 spiro atoms. The number of rotatable bonds is 3. The molecule has 3 heterocycles. The van der Waals surface area contributed by atoms with Gasteiger partial charge in [-0.05, 0) is 40.2 Å². The highest BCUT2D eigenvalue weighted by Crippen LogP contribution is 2.15. The predicted molar refractivity (Wildman–Crippen MR) is 75.7 cm³/mol. The van der Waals surface area contributed by atoms with E-state index < -0.39 is 10.0 Å². The fourth-order valence-corrected chi connectivity index (χ4v) is 2.81. The van der Waals surface area contributed by atoms with Crippen LogP contribution >= 0.6 is 15.9 Å². The number of anilines is 1. The molecule has 0 aliphatic heterocycles. The van der Waals surface area contributed by atoms with Gasteiger partial charge in [0.05, 0.1) is 0 Å². The topological polar surface area (TPSA) is 89.2 Å². The van der Waals surface area contributed by atoms with E-state index in [4.69, 9.17) is 0 Å². The molecule has 3 rings (SSSR count). The molecule has 0 bridgehead atoms. The molecule has 0 aliphatic carbocycles. The van der Waals surface area contributed by atoms with Crippen molar-refractivity contribution in [3.8, 4) is 0 Å². The molecule has 0 fully saturated rings. The minimum absolute atomic E-state index is 0.00644. The molecule has 3 aromatic rings. The third kappa shape index (κ3) is 2.49. The molecule has 3 aromatic heterocycles. The minimum Gasteiger partial charge on any atom is -0.263 e. The molecule has 0 aliphatic rings. The molecule has 20 heavy (non-hydrogen) atoms. The highest BCUT2D eigenvalue weighted by molar-refractivity contribution is 9.10. The van der Waals surface area contributed by atoms with E-state index in [2.05, 4.69) is 35.7 Å².